The third-order valence-electron chi connectivity index (χ3n) is 4.03. The zero-order valence-corrected chi connectivity index (χ0v) is 15.3. The van der Waals surface area contributed by atoms with Crippen molar-refractivity contribution < 1.29 is 61.9 Å². The van der Waals surface area contributed by atoms with Crippen molar-refractivity contribution in [1.82, 2.24) is 5.32 Å². The summed E-state index contributed by atoms with van der Waals surface area (Å²) >= 11 is 0. The molecule has 0 aliphatic heterocycles. The maximum atomic E-state index is 13.5. The summed E-state index contributed by atoms with van der Waals surface area (Å²) in [5.41, 5.74) is 0. The SMILES string of the molecule is CCCCCCCCNC(=O)C(F)(F)C(F)(F)C(F)(F)C(F)(F)C(F)(F)C(F)(F)F. The minimum absolute atomic E-state index is 0.101. The van der Waals surface area contributed by atoms with Crippen LogP contribution in [0.3, 0.4) is 0 Å². The van der Waals surface area contributed by atoms with Gasteiger partial charge in [-0.15, -0.1) is 0 Å². The Morgan fingerprint density at radius 3 is 1.43 bits per heavy atom. The van der Waals surface area contributed by atoms with Crippen LogP contribution in [-0.2, 0) is 4.79 Å². The minimum Gasteiger partial charge on any atom is -0.351 e. The van der Waals surface area contributed by atoms with Crippen LogP contribution in [-0.4, -0.2) is 48.2 Å². The number of amides is 1. The van der Waals surface area contributed by atoms with Crippen molar-refractivity contribution in [1.29, 1.82) is 0 Å². The van der Waals surface area contributed by atoms with Crippen molar-refractivity contribution >= 4 is 5.91 Å². The smallest absolute Gasteiger partial charge is 0.351 e. The molecular weight excluding hydrogens is 457 g/mol. The highest BCUT2D eigenvalue weighted by molar-refractivity contribution is 5.84. The molecule has 1 amide bonds. The Hall–Kier alpha value is -1.44. The first-order valence-corrected chi connectivity index (χ1v) is 8.47. The Labute approximate surface area is 162 Å². The number of nitrogens with one attached hydrogen (secondary N) is 1. The Morgan fingerprint density at radius 1 is 0.600 bits per heavy atom. The van der Waals surface area contributed by atoms with Crippen LogP contribution in [0.4, 0.5) is 57.1 Å². The lowest BCUT2D eigenvalue weighted by Gasteiger charge is -2.39. The molecule has 30 heavy (non-hydrogen) atoms. The van der Waals surface area contributed by atoms with Gasteiger partial charge in [0.25, 0.3) is 5.91 Å². The van der Waals surface area contributed by atoms with Crippen LogP contribution in [0.25, 0.3) is 0 Å². The Bertz CT molecular complexity index is 571. The summed E-state index contributed by atoms with van der Waals surface area (Å²) in [4.78, 5) is 11.1. The molecule has 0 rings (SSSR count). The number of unbranched alkanes of at least 4 members (excludes halogenated alkanes) is 5. The van der Waals surface area contributed by atoms with Crippen molar-refractivity contribution in [3.63, 3.8) is 0 Å². The van der Waals surface area contributed by atoms with Crippen LogP contribution >= 0.6 is 0 Å². The van der Waals surface area contributed by atoms with Crippen molar-refractivity contribution in [2.45, 2.75) is 81.2 Å². The fourth-order valence-corrected chi connectivity index (χ4v) is 2.13. The van der Waals surface area contributed by atoms with E-state index in [2.05, 4.69) is 0 Å². The van der Waals surface area contributed by atoms with Gasteiger partial charge >= 0.3 is 35.8 Å². The number of hydrogen-bond donors (Lipinski definition) is 1. The monoisotopic (exact) mass is 475 g/mol. The second kappa shape index (κ2) is 9.37. The largest absolute Gasteiger partial charge is 0.460 e. The van der Waals surface area contributed by atoms with E-state index in [0.29, 0.717) is 12.8 Å². The molecule has 1 N–H and O–H groups in total. The number of halogens is 13. The molecular formula is C15H18F13NO. The van der Waals surface area contributed by atoms with E-state index in [9.17, 15) is 61.9 Å². The van der Waals surface area contributed by atoms with E-state index in [1.165, 1.54) is 0 Å². The van der Waals surface area contributed by atoms with Crippen LogP contribution < -0.4 is 5.32 Å². The maximum absolute atomic E-state index is 13.5. The topological polar surface area (TPSA) is 29.1 Å². The molecule has 0 bridgehead atoms. The van der Waals surface area contributed by atoms with Crippen molar-refractivity contribution in [2.75, 3.05) is 6.54 Å². The van der Waals surface area contributed by atoms with Crippen LogP contribution in [0.15, 0.2) is 0 Å². The van der Waals surface area contributed by atoms with Gasteiger partial charge in [0, 0.05) is 6.54 Å². The highest BCUT2D eigenvalue weighted by Crippen LogP contribution is 2.60. The number of hydrogen-bond acceptors (Lipinski definition) is 1. The van der Waals surface area contributed by atoms with Gasteiger partial charge in [0.05, 0.1) is 0 Å². The Balaban J connectivity index is 5.47. The molecule has 0 aromatic heterocycles. The Kier molecular flexibility index (Phi) is 8.92. The molecule has 15 heteroatoms. The van der Waals surface area contributed by atoms with E-state index in [1.807, 2.05) is 6.92 Å². The second-order valence-corrected chi connectivity index (χ2v) is 6.39. The Morgan fingerprint density at radius 2 is 1.00 bits per heavy atom. The molecule has 0 aliphatic rings. The molecule has 0 saturated heterocycles. The molecule has 0 atom stereocenters. The molecule has 0 aliphatic carbocycles. The summed E-state index contributed by atoms with van der Waals surface area (Å²) in [6.45, 7) is 1.09. The summed E-state index contributed by atoms with van der Waals surface area (Å²) in [6, 6.07) is 0. The van der Waals surface area contributed by atoms with Crippen molar-refractivity contribution in [3.05, 3.63) is 0 Å². The summed E-state index contributed by atoms with van der Waals surface area (Å²) in [6.07, 6.45) is -4.41. The average Bonchev–Trinajstić information content (AvgIpc) is 2.58. The van der Waals surface area contributed by atoms with Gasteiger partial charge in [-0.05, 0) is 6.42 Å². The second-order valence-electron chi connectivity index (χ2n) is 6.39. The predicted molar refractivity (Wildman–Crippen MR) is 77.2 cm³/mol. The molecule has 0 saturated carbocycles. The highest BCUT2D eigenvalue weighted by Gasteiger charge is 2.91. The van der Waals surface area contributed by atoms with Crippen molar-refractivity contribution in [2.24, 2.45) is 0 Å². The quantitative estimate of drug-likeness (QED) is 0.264. The number of rotatable bonds is 12. The van der Waals surface area contributed by atoms with E-state index < -0.39 is 48.2 Å². The van der Waals surface area contributed by atoms with E-state index in [1.54, 1.807) is 0 Å². The highest BCUT2D eigenvalue weighted by atomic mass is 19.4. The van der Waals surface area contributed by atoms with E-state index in [4.69, 9.17) is 0 Å². The third-order valence-corrected chi connectivity index (χ3v) is 4.03. The fraction of sp³-hybridized carbons (Fsp3) is 0.933. The summed E-state index contributed by atoms with van der Waals surface area (Å²) in [5, 5.41) is 1.06. The molecule has 0 heterocycles. The average molecular weight is 475 g/mol. The predicted octanol–water partition coefficient (Wildman–Crippen LogP) is 6.20. The van der Waals surface area contributed by atoms with Crippen molar-refractivity contribution in [3.8, 4) is 0 Å². The standard InChI is InChI=1S/C15H18F13NO/c1-2-3-4-5-6-7-8-29-9(30)10(16,17)11(18,19)12(20,21)13(22,23)14(24,25)15(26,27)28/h2-8H2,1H3,(H,29,30). The molecule has 0 aromatic rings. The van der Waals surface area contributed by atoms with E-state index in [0.717, 1.165) is 18.2 Å². The minimum atomic E-state index is -8.01. The summed E-state index contributed by atoms with van der Waals surface area (Å²) in [5.74, 6) is -41.3. The first-order valence-electron chi connectivity index (χ1n) is 8.47. The lowest BCUT2D eigenvalue weighted by atomic mass is 9.93. The summed E-state index contributed by atoms with van der Waals surface area (Å²) < 4.78 is 168. The molecule has 2 nitrogen and oxygen atoms in total. The fourth-order valence-electron chi connectivity index (χ4n) is 2.13. The summed E-state index contributed by atoms with van der Waals surface area (Å²) in [7, 11) is 0. The third kappa shape index (κ3) is 5.06. The van der Waals surface area contributed by atoms with Gasteiger partial charge in [-0.2, -0.15) is 57.1 Å². The molecule has 0 fully saturated rings. The van der Waals surface area contributed by atoms with Crippen LogP contribution in [0, 0.1) is 0 Å². The molecule has 0 radical (unpaired) electrons. The van der Waals surface area contributed by atoms with E-state index in [-0.39, 0.29) is 12.8 Å². The zero-order valence-electron chi connectivity index (χ0n) is 15.3. The van der Waals surface area contributed by atoms with Crippen LogP contribution in [0.2, 0.25) is 0 Å². The van der Waals surface area contributed by atoms with E-state index >= 15 is 0 Å². The van der Waals surface area contributed by atoms with Gasteiger partial charge in [0.15, 0.2) is 0 Å². The first kappa shape index (κ1) is 28.6. The number of alkyl halides is 13. The van der Waals surface area contributed by atoms with Gasteiger partial charge in [0.1, 0.15) is 0 Å². The van der Waals surface area contributed by atoms with Gasteiger partial charge < -0.3 is 5.32 Å². The molecule has 0 spiro atoms. The first-order chi connectivity index (χ1) is 13.2. The zero-order chi connectivity index (χ0) is 24.2. The van der Waals surface area contributed by atoms with Crippen LogP contribution in [0.5, 0.6) is 0 Å². The number of carbonyl (C=O) groups is 1. The van der Waals surface area contributed by atoms with Crippen LogP contribution in [0.1, 0.15) is 45.4 Å². The van der Waals surface area contributed by atoms with Gasteiger partial charge in [-0.3, -0.25) is 4.79 Å². The lowest BCUT2D eigenvalue weighted by molar-refractivity contribution is -0.436. The lowest BCUT2D eigenvalue weighted by Crippen LogP contribution is -2.72. The van der Waals surface area contributed by atoms with Gasteiger partial charge in [-0.25, -0.2) is 0 Å². The molecule has 0 aromatic carbocycles. The maximum Gasteiger partial charge on any atom is 0.460 e. The van der Waals surface area contributed by atoms with Gasteiger partial charge in [-0.1, -0.05) is 39.0 Å². The molecule has 180 valence electrons. The molecule has 0 unspecified atom stereocenters. The normalized spacial score (nSPS) is 14.7. The number of carbonyl (C=O) groups excluding carboxylic acids is 1. The van der Waals surface area contributed by atoms with Gasteiger partial charge in [0.2, 0.25) is 0 Å².